The van der Waals surface area contributed by atoms with E-state index in [1.807, 2.05) is 0 Å². The summed E-state index contributed by atoms with van der Waals surface area (Å²) in [5.41, 5.74) is 3.45. The molecule has 0 amide bonds. The van der Waals surface area contributed by atoms with Crippen molar-refractivity contribution in [2.75, 3.05) is 0 Å². The molecule has 3 rings (SSSR count). The molecule has 0 spiro atoms. The van der Waals surface area contributed by atoms with Gasteiger partial charge in [0.05, 0.1) is 0 Å². The highest BCUT2D eigenvalue weighted by molar-refractivity contribution is 5.47. The van der Waals surface area contributed by atoms with Crippen LogP contribution in [0.5, 0.6) is 0 Å². The van der Waals surface area contributed by atoms with Crippen LogP contribution < -0.4 is 0 Å². The molecule has 3 nitrogen and oxygen atoms in total. The SMILES string of the molecule is CC1(C)[C@@H]2Cc3c(C#N)n[nH]c3[C@@H]21. The lowest BCUT2D eigenvalue weighted by Crippen LogP contribution is -1.99. The average Bonchev–Trinajstić information content (AvgIpc) is 2.51. The molecule has 0 unspecified atom stereocenters. The predicted octanol–water partition coefficient (Wildman–Crippen LogP) is 1.58. The van der Waals surface area contributed by atoms with Crippen molar-refractivity contribution in [1.82, 2.24) is 10.2 Å². The van der Waals surface area contributed by atoms with Gasteiger partial charge >= 0.3 is 0 Å². The van der Waals surface area contributed by atoms with E-state index in [4.69, 9.17) is 5.26 Å². The van der Waals surface area contributed by atoms with Crippen LogP contribution in [-0.4, -0.2) is 10.2 Å². The smallest absolute Gasteiger partial charge is 0.165 e. The Hall–Kier alpha value is -1.30. The number of H-pyrrole nitrogens is 1. The van der Waals surface area contributed by atoms with Crippen LogP contribution in [-0.2, 0) is 6.42 Å². The van der Waals surface area contributed by atoms with Crippen molar-refractivity contribution in [3.63, 3.8) is 0 Å². The highest BCUT2D eigenvalue weighted by Gasteiger charge is 2.63. The molecule has 0 bridgehead atoms. The Morgan fingerprint density at radius 1 is 1.62 bits per heavy atom. The van der Waals surface area contributed by atoms with Gasteiger partial charge in [-0.25, -0.2) is 0 Å². The van der Waals surface area contributed by atoms with E-state index in [9.17, 15) is 0 Å². The summed E-state index contributed by atoms with van der Waals surface area (Å²) >= 11 is 0. The predicted molar refractivity (Wildman–Crippen MR) is 47.0 cm³/mol. The summed E-state index contributed by atoms with van der Waals surface area (Å²) in [5, 5.41) is 15.8. The molecule has 1 aromatic heterocycles. The van der Waals surface area contributed by atoms with Crippen LogP contribution in [0.3, 0.4) is 0 Å². The van der Waals surface area contributed by atoms with Crippen molar-refractivity contribution >= 4 is 0 Å². The van der Waals surface area contributed by atoms with Crippen molar-refractivity contribution < 1.29 is 0 Å². The highest BCUT2D eigenvalue weighted by Crippen LogP contribution is 2.69. The van der Waals surface area contributed by atoms with Gasteiger partial charge in [0.2, 0.25) is 0 Å². The first-order chi connectivity index (χ1) is 6.16. The van der Waals surface area contributed by atoms with Gasteiger partial charge in [0, 0.05) is 17.2 Å². The second-order valence-corrected chi connectivity index (χ2v) is 4.69. The van der Waals surface area contributed by atoms with Crippen molar-refractivity contribution in [1.29, 1.82) is 5.26 Å². The first-order valence-corrected chi connectivity index (χ1v) is 4.63. The fourth-order valence-corrected chi connectivity index (χ4v) is 2.85. The number of nitriles is 1. The summed E-state index contributed by atoms with van der Waals surface area (Å²) in [6.07, 6.45) is 1.05. The van der Waals surface area contributed by atoms with Crippen molar-refractivity contribution in [3.8, 4) is 6.07 Å². The van der Waals surface area contributed by atoms with Gasteiger partial charge < -0.3 is 0 Å². The van der Waals surface area contributed by atoms with E-state index in [0.29, 0.717) is 17.0 Å². The third-order valence-electron chi connectivity index (χ3n) is 3.79. The van der Waals surface area contributed by atoms with Crippen LogP contribution in [0.2, 0.25) is 0 Å². The minimum atomic E-state index is 0.437. The van der Waals surface area contributed by atoms with Crippen LogP contribution in [0.25, 0.3) is 0 Å². The van der Waals surface area contributed by atoms with Crippen LogP contribution in [0, 0.1) is 22.7 Å². The first kappa shape index (κ1) is 7.14. The molecule has 0 saturated heterocycles. The van der Waals surface area contributed by atoms with E-state index >= 15 is 0 Å². The molecule has 0 aromatic carbocycles. The maximum absolute atomic E-state index is 8.79. The van der Waals surface area contributed by atoms with Gasteiger partial charge in [0.15, 0.2) is 5.69 Å². The molecule has 1 N–H and O–H groups in total. The highest BCUT2D eigenvalue weighted by atomic mass is 15.1. The molecule has 66 valence electrons. The van der Waals surface area contributed by atoms with Crippen LogP contribution in [0.15, 0.2) is 0 Å². The van der Waals surface area contributed by atoms with Crippen molar-refractivity contribution in [3.05, 3.63) is 17.0 Å². The van der Waals surface area contributed by atoms with E-state index in [1.165, 1.54) is 11.3 Å². The fourth-order valence-electron chi connectivity index (χ4n) is 2.85. The van der Waals surface area contributed by atoms with E-state index in [2.05, 4.69) is 30.1 Å². The quantitative estimate of drug-likeness (QED) is 0.647. The largest absolute Gasteiger partial charge is 0.281 e. The summed E-state index contributed by atoms with van der Waals surface area (Å²) in [4.78, 5) is 0. The number of aromatic amines is 1. The van der Waals surface area contributed by atoms with Gasteiger partial charge in [-0.15, -0.1) is 0 Å². The number of hydrogen-bond donors (Lipinski definition) is 1. The Bertz CT molecular complexity index is 422. The molecule has 2 aliphatic carbocycles. The second kappa shape index (κ2) is 1.79. The minimum absolute atomic E-state index is 0.437. The molecular formula is C10H11N3. The van der Waals surface area contributed by atoms with Crippen molar-refractivity contribution in [2.45, 2.75) is 26.2 Å². The summed E-state index contributed by atoms with van der Waals surface area (Å²) in [5.74, 6) is 1.39. The Morgan fingerprint density at radius 2 is 2.38 bits per heavy atom. The molecule has 1 fully saturated rings. The van der Waals surface area contributed by atoms with Gasteiger partial charge in [-0.1, -0.05) is 13.8 Å². The van der Waals surface area contributed by atoms with Crippen LogP contribution >= 0.6 is 0 Å². The molecule has 3 heteroatoms. The number of nitrogens with one attached hydrogen (secondary N) is 1. The zero-order valence-electron chi connectivity index (χ0n) is 7.76. The molecule has 2 atom stereocenters. The average molecular weight is 173 g/mol. The molecule has 13 heavy (non-hydrogen) atoms. The Balaban J connectivity index is 2.11. The third kappa shape index (κ3) is 0.635. The summed E-state index contributed by atoms with van der Waals surface area (Å²) in [7, 11) is 0. The van der Waals surface area contributed by atoms with Gasteiger partial charge in [0.1, 0.15) is 6.07 Å². The van der Waals surface area contributed by atoms with Gasteiger partial charge in [0.25, 0.3) is 0 Å². The lowest BCUT2D eigenvalue weighted by atomic mass is 9.98. The number of rotatable bonds is 0. The Labute approximate surface area is 76.8 Å². The molecular weight excluding hydrogens is 162 g/mol. The van der Waals surface area contributed by atoms with E-state index in [1.54, 1.807) is 0 Å². The molecule has 0 aliphatic heterocycles. The number of fused-ring (bicyclic) bond motifs is 3. The molecule has 1 aromatic rings. The summed E-state index contributed by atoms with van der Waals surface area (Å²) in [6, 6.07) is 2.13. The Morgan fingerprint density at radius 3 is 3.08 bits per heavy atom. The first-order valence-electron chi connectivity index (χ1n) is 4.63. The van der Waals surface area contributed by atoms with Crippen molar-refractivity contribution in [2.24, 2.45) is 11.3 Å². The zero-order chi connectivity index (χ0) is 9.22. The summed E-state index contributed by atoms with van der Waals surface area (Å²) < 4.78 is 0. The van der Waals surface area contributed by atoms with E-state index in [-0.39, 0.29) is 0 Å². The second-order valence-electron chi connectivity index (χ2n) is 4.69. The van der Waals surface area contributed by atoms with E-state index in [0.717, 1.165) is 12.3 Å². The van der Waals surface area contributed by atoms with Gasteiger partial charge in [-0.3, -0.25) is 5.10 Å². The molecule has 1 heterocycles. The minimum Gasteiger partial charge on any atom is -0.281 e. The number of aromatic nitrogens is 2. The van der Waals surface area contributed by atoms with Crippen LogP contribution in [0.1, 0.15) is 36.7 Å². The summed E-state index contributed by atoms with van der Waals surface area (Å²) in [6.45, 7) is 4.58. The molecule has 2 aliphatic rings. The standard InChI is InChI=1S/C10H11N3/c1-10(2)6-3-5-7(4-11)12-13-9(5)8(6)10/h6,8H,3H2,1-2H3,(H,12,13)/t6-,8-/m1/s1. The van der Waals surface area contributed by atoms with Gasteiger partial charge in [-0.05, 0) is 17.8 Å². The normalized spacial score (nSPS) is 32.1. The maximum atomic E-state index is 8.79. The monoisotopic (exact) mass is 173 g/mol. The maximum Gasteiger partial charge on any atom is 0.165 e. The third-order valence-corrected chi connectivity index (χ3v) is 3.79. The fraction of sp³-hybridized carbons (Fsp3) is 0.600. The topological polar surface area (TPSA) is 52.5 Å². The van der Waals surface area contributed by atoms with Gasteiger partial charge in [-0.2, -0.15) is 10.4 Å². The van der Waals surface area contributed by atoms with E-state index < -0.39 is 0 Å². The number of hydrogen-bond acceptors (Lipinski definition) is 2. The zero-order valence-corrected chi connectivity index (χ0v) is 7.76. The lowest BCUT2D eigenvalue weighted by molar-refractivity contribution is 0.539. The Kier molecular flexibility index (Phi) is 0.984. The lowest BCUT2D eigenvalue weighted by Gasteiger charge is -2.06. The molecule has 1 saturated carbocycles. The number of nitrogens with zero attached hydrogens (tertiary/aromatic N) is 2. The molecule has 0 radical (unpaired) electrons. The van der Waals surface area contributed by atoms with Crippen LogP contribution in [0.4, 0.5) is 0 Å².